The summed E-state index contributed by atoms with van der Waals surface area (Å²) in [6.45, 7) is 2.20. The van der Waals surface area contributed by atoms with Crippen molar-refractivity contribution < 1.29 is 9.53 Å². The van der Waals surface area contributed by atoms with Gasteiger partial charge in [0.25, 0.3) is 0 Å². The largest absolute Gasteiger partial charge is 0.465 e. The van der Waals surface area contributed by atoms with E-state index in [1.165, 1.54) is 0 Å². The summed E-state index contributed by atoms with van der Waals surface area (Å²) >= 11 is 11.9. The van der Waals surface area contributed by atoms with Gasteiger partial charge in [0.15, 0.2) is 0 Å². The zero-order valence-electron chi connectivity index (χ0n) is 10.9. The maximum atomic E-state index is 12.4. The lowest BCUT2D eigenvalue weighted by molar-refractivity contribution is -0.151. The highest BCUT2D eigenvalue weighted by molar-refractivity contribution is 6.32. The summed E-state index contributed by atoms with van der Waals surface area (Å²) in [5.74, 6) is -0.173. The second-order valence-electron chi connectivity index (χ2n) is 4.86. The molecule has 3 nitrogen and oxygen atoms in total. The second kappa shape index (κ2) is 6.10. The lowest BCUT2D eigenvalue weighted by Crippen LogP contribution is -2.39. The minimum absolute atomic E-state index is 0.173. The van der Waals surface area contributed by atoms with E-state index in [4.69, 9.17) is 27.9 Å². The number of aromatic nitrogens is 1. The van der Waals surface area contributed by atoms with E-state index in [1.807, 2.05) is 6.92 Å². The zero-order valence-corrected chi connectivity index (χ0v) is 12.4. The van der Waals surface area contributed by atoms with E-state index in [0.29, 0.717) is 16.9 Å². The smallest absolute Gasteiger partial charge is 0.316 e. The Balaban J connectivity index is 2.44. The van der Waals surface area contributed by atoms with E-state index in [0.717, 1.165) is 37.7 Å². The molecule has 0 unspecified atom stereocenters. The highest BCUT2D eigenvalue weighted by Crippen LogP contribution is 2.41. The Labute approximate surface area is 123 Å². The van der Waals surface area contributed by atoms with Gasteiger partial charge in [0, 0.05) is 0 Å². The molecule has 1 saturated carbocycles. The van der Waals surface area contributed by atoms with Crippen LogP contribution in [0.5, 0.6) is 0 Å². The van der Waals surface area contributed by atoms with Gasteiger partial charge in [-0.15, -0.1) is 0 Å². The van der Waals surface area contributed by atoms with Crippen LogP contribution in [0.1, 0.15) is 44.6 Å². The number of hydrogen-bond acceptors (Lipinski definition) is 3. The molecule has 2 rings (SSSR count). The number of carbonyl (C=O) groups excluding carboxylic acids is 1. The summed E-state index contributed by atoms with van der Waals surface area (Å²) in [4.78, 5) is 16.4. The van der Waals surface area contributed by atoms with Crippen LogP contribution in [-0.2, 0) is 14.9 Å². The molecule has 0 aliphatic heterocycles. The van der Waals surface area contributed by atoms with Gasteiger partial charge in [-0.25, -0.2) is 4.98 Å². The third-order valence-electron chi connectivity index (χ3n) is 3.69. The molecule has 0 amide bonds. The van der Waals surface area contributed by atoms with Crippen molar-refractivity contribution in [2.75, 3.05) is 6.61 Å². The van der Waals surface area contributed by atoms with E-state index < -0.39 is 5.41 Å². The van der Waals surface area contributed by atoms with Crippen molar-refractivity contribution in [3.63, 3.8) is 0 Å². The summed E-state index contributed by atoms with van der Waals surface area (Å²) in [6, 6.07) is 3.46. The number of esters is 1. The lowest BCUT2D eigenvalue weighted by Gasteiger charge is -2.35. The second-order valence-corrected chi connectivity index (χ2v) is 5.64. The molecule has 5 heteroatoms. The van der Waals surface area contributed by atoms with Gasteiger partial charge in [-0.2, -0.15) is 0 Å². The van der Waals surface area contributed by atoms with E-state index in [1.54, 1.807) is 12.1 Å². The highest BCUT2D eigenvalue weighted by Gasteiger charge is 2.42. The van der Waals surface area contributed by atoms with Crippen LogP contribution in [0, 0.1) is 0 Å². The van der Waals surface area contributed by atoms with Crippen molar-refractivity contribution in [3.05, 3.63) is 28.0 Å². The maximum Gasteiger partial charge on any atom is 0.316 e. The van der Waals surface area contributed by atoms with Gasteiger partial charge in [0.2, 0.25) is 0 Å². The van der Waals surface area contributed by atoms with Gasteiger partial charge in [-0.1, -0.05) is 42.5 Å². The normalized spacial score (nSPS) is 18.1. The Morgan fingerprint density at radius 2 is 1.84 bits per heavy atom. The quantitative estimate of drug-likeness (QED) is 0.622. The molecule has 1 aliphatic carbocycles. The molecule has 0 N–H and O–H groups in total. The van der Waals surface area contributed by atoms with E-state index in [9.17, 15) is 4.79 Å². The van der Waals surface area contributed by atoms with Gasteiger partial charge >= 0.3 is 5.97 Å². The number of nitrogens with zero attached hydrogens (tertiary/aromatic N) is 1. The van der Waals surface area contributed by atoms with Crippen molar-refractivity contribution in [1.82, 2.24) is 4.98 Å². The topological polar surface area (TPSA) is 39.2 Å². The highest BCUT2D eigenvalue weighted by atomic mass is 35.5. The third-order valence-corrected chi connectivity index (χ3v) is 4.08. The SMILES string of the molecule is CCOC(=O)C1(c2cc(Cl)nc(Cl)c2)CCCCC1. The van der Waals surface area contributed by atoms with Gasteiger partial charge in [-0.05, 0) is 37.5 Å². The summed E-state index contributed by atoms with van der Waals surface area (Å²) in [5.41, 5.74) is 0.223. The molecule has 1 aromatic rings. The maximum absolute atomic E-state index is 12.4. The molecule has 1 aromatic heterocycles. The van der Waals surface area contributed by atoms with Crippen LogP contribution in [0.25, 0.3) is 0 Å². The summed E-state index contributed by atoms with van der Waals surface area (Å²) < 4.78 is 5.27. The number of halogens is 2. The van der Waals surface area contributed by atoms with Gasteiger partial charge < -0.3 is 4.74 Å². The molecule has 0 saturated heterocycles. The van der Waals surface area contributed by atoms with Gasteiger partial charge in [0.1, 0.15) is 10.3 Å². The first-order chi connectivity index (χ1) is 9.08. The Morgan fingerprint density at radius 1 is 1.26 bits per heavy atom. The Hall–Kier alpha value is -0.800. The molecule has 104 valence electrons. The lowest BCUT2D eigenvalue weighted by atomic mass is 9.69. The van der Waals surface area contributed by atoms with E-state index >= 15 is 0 Å². The van der Waals surface area contributed by atoms with Crippen LogP contribution < -0.4 is 0 Å². The van der Waals surface area contributed by atoms with Crippen LogP contribution in [0.15, 0.2) is 12.1 Å². The number of ether oxygens (including phenoxy) is 1. The summed E-state index contributed by atoms with van der Waals surface area (Å²) in [7, 11) is 0. The fourth-order valence-corrected chi connectivity index (χ4v) is 3.24. The zero-order chi connectivity index (χ0) is 13.9. The molecular formula is C14H17Cl2NO2. The minimum atomic E-state index is -0.607. The summed E-state index contributed by atoms with van der Waals surface area (Å²) in [5, 5.41) is 0.633. The predicted octanol–water partition coefficient (Wildman–Crippen LogP) is 4.15. The fraction of sp³-hybridized carbons (Fsp3) is 0.571. The van der Waals surface area contributed by atoms with Crippen molar-refractivity contribution in [1.29, 1.82) is 0 Å². The average molecular weight is 302 g/mol. The van der Waals surface area contributed by atoms with Crippen molar-refractivity contribution >= 4 is 29.2 Å². The van der Waals surface area contributed by atoms with E-state index in [2.05, 4.69) is 4.98 Å². The molecule has 0 atom stereocenters. The van der Waals surface area contributed by atoms with Crippen molar-refractivity contribution in [2.45, 2.75) is 44.4 Å². The Kier molecular flexibility index (Phi) is 4.69. The Morgan fingerprint density at radius 3 is 2.37 bits per heavy atom. The van der Waals surface area contributed by atoms with Crippen molar-refractivity contribution in [3.8, 4) is 0 Å². The molecule has 0 aromatic carbocycles. The third kappa shape index (κ3) is 3.03. The van der Waals surface area contributed by atoms with Crippen LogP contribution in [-0.4, -0.2) is 17.6 Å². The molecule has 0 radical (unpaired) electrons. The molecular weight excluding hydrogens is 285 g/mol. The molecule has 1 fully saturated rings. The molecule has 0 bridgehead atoms. The minimum Gasteiger partial charge on any atom is -0.465 e. The summed E-state index contributed by atoms with van der Waals surface area (Å²) in [6.07, 6.45) is 4.73. The number of hydrogen-bond donors (Lipinski definition) is 0. The van der Waals surface area contributed by atoms with Crippen LogP contribution in [0.4, 0.5) is 0 Å². The Bertz CT molecular complexity index is 450. The standard InChI is InChI=1S/C14H17Cl2NO2/c1-2-19-13(18)14(6-4-3-5-7-14)10-8-11(15)17-12(16)9-10/h8-9H,2-7H2,1H3. The first kappa shape index (κ1) is 14.6. The molecule has 0 spiro atoms. The first-order valence-corrected chi connectivity index (χ1v) is 7.35. The molecule has 1 heterocycles. The number of pyridine rings is 1. The van der Waals surface area contributed by atoms with Crippen LogP contribution in [0.2, 0.25) is 10.3 Å². The molecule has 19 heavy (non-hydrogen) atoms. The average Bonchev–Trinajstić information content (AvgIpc) is 2.38. The monoisotopic (exact) mass is 301 g/mol. The van der Waals surface area contributed by atoms with Crippen molar-refractivity contribution in [2.24, 2.45) is 0 Å². The number of rotatable bonds is 3. The van der Waals surface area contributed by atoms with Crippen LogP contribution in [0.3, 0.4) is 0 Å². The first-order valence-electron chi connectivity index (χ1n) is 6.59. The van der Waals surface area contributed by atoms with E-state index in [-0.39, 0.29) is 5.97 Å². The predicted molar refractivity (Wildman–Crippen MR) is 75.7 cm³/mol. The molecule has 1 aliphatic rings. The van der Waals surface area contributed by atoms with Crippen LogP contribution >= 0.6 is 23.2 Å². The van der Waals surface area contributed by atoms with Gasteiger partial charge in [-0.3, -0.25) is 4.79 Å². The van der Waals surface area contributed by atoms with Gasteiger partial charge in [0.05, 0.1) is 12.0 Å². The fourth-order valence-electron chi connectivity index (χ4n) is 2.78. The number of carbonyl (C=O) groups is 1.